The molecule has 0 aliphatic rings. The zero-order chi connectivity index (χ0) is 19.2. The minimum absolute atomic E-state index is 0.0775. The minimum atomic E-state index is -0.198. The first-order chi connectivity index (χ1) is 13.1. The number of nitrogens with zero attached hydrogens (tertiary/aromatic N) is 1. The van der Waals surface area contributed by atoms with Crippen molar-refractivity contribution >= 4 is 16.8 Å². The molecule has 6 nitrogen and oxygen atoms in total. The number of hydrogen-bond donors (Lipinski definition) is 1. The van der Waals surface area contributed by atoms with Crippen LogP contribution >= 0.6 is 0 Å². The average Bonchev–Trinajstić information content (AvgIpc) is 2.70. The number of ether oxygens (including phenoxy) is 3. The van der Waals surface area contributed by atoms with Gasteiger partial charge in [-0.2, -0.15) is 0 Å². The zero-order valence-electron chi connectivity index (χ0n) is 15.6. The number of benzene rings is 2. The van der Waals surface area contributed by atoms with Gasteiger partial charge in [0.1, 0.15) is 17.2 Å². The molecule has 0 atom stereocenters. The Labute approximate surface area is 158 Å². The van der Waals surface area contributed by atoms with Gasteiger partial charge in [-0.1, -0.05) is 12.1 Å². The van der Waals surface area contributed by atoms with Crippen molar-refractivity contribution in [1.29, 1.82) is 0 Å². The van der Waals surface area contributed by atoms with Gasteiger partial charge in [0.25, 0.3) is 5.91 Å². The van der Waals surface area contributed by atoms with Gasteiger partial charge in [0.15, 0.2) is 6.61 Å². The molecule has 27 heavy (non-hydrogen) atoms. The zero-order valence-corrected chi connectivity index (χ0v) is 15.6. The summed E-state index contributed by atoms with van der Waals surface area (Å²) in [5.41, 5.74) is 2.60. The molecule has 0 saturated carbocycles. The number of pyridine rings is 1. The van der Waals surface area contributed by atoms with Crippen molar-refractivity contribution in [2.45, 2.75) is 13.5 Å². The van der Waals surface area contributed by atoms with Gasteiger partial charge in [-0.05, 0) is 42.8 Å². The summed E-state index contributed by atoms with van der Waals surface area (Å²) in [6.07, 6.45) is 0. The molecule has 2 aromatic carbocycles. The lowest BCUT2D eigenvalue weighted by Crippen LogP contribution is -2.28. The number of amides is 1. The third-order valence-electron chi connectivity index (χ3n) is 4.11. The van der Waals surface area contributed by atoms with E-state index in [4.69, 9.17) is 14.2 Å². The molecule has 0 unspecified atom stereocenters. The van der Waals surface area contributed by atoms with Crippen LogP contribution in [0.5, 0.6) is 17.2 Å². The fourth-order valence-corrected chi connectivity index (χ4v) is 2.68. The molecule has 0 spiro atoms. The van der Waals surface area contributed by atoms with E-state index in [2.05, 4.69) is 10.3 Å². The molecule has 3 aromatic rings. The molecule has 0 radical (unpaired) electrons. The highest BCUT2D eigenvalue weighted by molar-refractivity contribution is 5.87. The molecule has 0 aliphatic carbocycles. The van der Waals surface area contributed by atoms with Crippen LogP contribution in [0, 0.1) is 6.92 Å². The largest absolute Gasteiger partial charge is 0.497 e. The highest BCUT2D eigenvalue weighted by atomic mass is 16.5. The lowest BCUT2D eigenvalue weighted by atomic mass is 10.1. The summed E-state index contributed by atoms with van der Waals surface area (Å²) in [7, 11) is 3.23. The fourth-order valence-electron chi connectivity index (χ4n) is 2.68. The first-order valence-corrected chi connectivity index (χ1v) is 8.57. The Hall–Kier alpha value is -3.28. The van der Waals surface area contributed by atoms with Crippen LogP contribution in [0.1, 0.15) is 11.3 Å². The molecule has 140 valence electrons. The summed E-state index contributed by atoms with van der Waals surface area (Å²) < 4.78 is 16.1. The fraction of sp³-hybridized carbons (Fsp3) is 0.238. The number of aromatic nitrogens is 1. The Morgan fingerprint density at radius 1 is 1.00 bits per heavy atom. The van der Waals surface area contributed by atoms with E-state index in [1.807, 2.05) is 55.5 Å². The predicted molar refractivity (Wildman–Crippen MR) is 103 cm³/mol. The van der Waals surface area contributed by atoms with Gasteiger partial charge in [0.05, 0.1) is 19.7 Å². The molecule has 0 saturated heterocycles. The van der Waals surface area contributed by atoms with Gasteiger partial charge >= 0.3 is 0 Å². The van der Waals surface area contributed by atoms with E-state index in [1.165, 1.54) is 0 Å². The number of carbonyl (C=O) groups excluding carboxylic acids is 1. The van der Waals surface area contributed by atoms with Crippen LogP contribution < -0.4 is 19.5 Å². The summed E-state index contributed by atoms with van der Waals surface area (Å²) in [5.74, 6) is 1.90. The van der Waals surface area contributed by atoms with Crippen LogP contribution in [0.2, 0.25) is 0 Å². The second kappa shape index (κ2) is 8.40. The molecule has 1 N–H and O–H groups in total. The number of methoxy groups -OCH3 is 2. The van der Waals surface area contributed by atoms with Crippen molar-refractivity contribution < 1.29 is 19.0 Å². The molecular formula is C21H22N2O4. The summed E-state index contributed by atoms with van der Waals surface area (Å²) in [4.78, 5) is 16.6. The third-order valence-corrected chi connectivity index (χ3v) is 4.11. The normalized spacial score (nSPS) is 10.5. The second-order valence-corrected chi connectivity index (χ2v) is 6.06. The van der Waals surface area contributed by atoms with E-state index in [0.717, 1.165) is 27.9 Å². The smallest absolute Gasteiger partial charge is 0.258 e. The Bertz CT molecular complexity index is 939. The van der Waals surface area contributed by atoms with Crippen LogP contribution in [-0.2, 0) is 11.3 Å². The van der Waals surface area contributed by atoms with Gasteiger partial charge in [-0.25, -0.2) is 0 Å². The quantitative estimate of drug-likeness (QED) is 0.695. The summed E-state index contributed by atoms with van der Waals surface area (Å²) >= 11 is 0. The Balaban J connectivity index is 1.64. The van der Waals surface area contributed by atoms with E-state index >= 15 is 0 Å². The van der Waals surface area contributed by atoms with Crippen LogP contribution in [0.25, 0.3) is 10.9 Å². The monoisotopic (exact) mass is 366 g/mol. The van der Waals surface area contributed by atoms with Gasteiger partial charge in [-0.15, -0.1) is 0 Å². The SMILES string of the molecule is COc1ccc(CNC(=O)COc2cc(C)nc3ccc(OC)cc23)cc1. The van der Waals surface area contributed by atoms with Crippen molar-refractivity contribution in [1.82, 2.24) is 10.3 Å². The minimum Gasteiger partial charge on any atom is -0.497 e. The average molecular weight is 366 g/mol. The predicted octanol–water partition coefficient (Wildman–Crippen LogP) is 3.26. The number of hydrogen-bond acceptors (Lipinski definition) is 5. The lowest BCUT2D eigenvalue weighted by Gasteiger charge is -2.12. The van der Waals surface area contributed by atoms with Crippen molar-refractivity contribution in [3.05, 3.63) is 59.8 Å². The second-order valence-electron chi connectivity index (χ2n) is 6.06. The number of nitrogens with one attached hydrogen (secondary N) is 1. The molecule has 1 aromatic heterocycles. The highest BCUT2D eigenvalue weighted by Gasteiger charge is 2.09. The summed E-state index contributed by atoms with van der Waals surface area (Å²) in [6, 6.07) is 14.9. The number of rotatable bonds is 7. The van der Waals surface area contributed by atoms with E-state index in [0.29, 0.717) is 18.0 Å². The molecule has 3 rings (SSSR count). The standard InChI is InChI=1S/C21H22N2O4/c1-14-10-20(18-11-17(26-3)8-9-19(18)23-14)27-13-21(24)22-12-15-4-6-16(25-2)7-5-15/h4-11H,12-13H2,1-3H3,(H,22,24). The number of fused-ring (bicyclic) bond motifs is 1. The van der Waals surface area contributed by atoms with Crippen LogP contribution in [-0.4, -0.2) is 31.7 Å². The number of carbonyl (C=O) groups is 1. The summed E-state index contributed by atoms with van der Waals surface area (Å²) in [5, 5.41) is 3.66. The number of aryl methyl sites for hydroxylation is 1. The van der Waals surface area contributed by atoms with Crippen molar-refractivity contribution in [2.75, 3.05) is 20.8 Å². The topological polar surface area (TPSA) is 69.7 Å². The van der Waals surface area contributed by atoms with Gasteiger partial charge < -0.3 is 19.5 Å². The van der Waals surface area contributed by atoms with Crippen LogP contribution in [0.3, 0.4) is 0 Å². The maximum absolute atomic E-state index is 12.2. The summed E-state index contributed by atoms with van der Waals surface area (Å²) in [6.45, 7) is 2.24. The van der Waals surface area contributed by atoms with E-state index in [1.54, 1.807) is 14.2 Å². The Morgan fingerprint density at radius 3 is 2.41 bits per heavy atom. The molecule has 6 heteroatoms. The van der Waals surface area contributed by atoms with E-state index in [-0.39, 0.29) is 12.5 Å². The molecule has 0 aliphatic heterocycles. The molecule has 0 bridgehead atoms. The lowest BCUT2D eigenvalue weighted by molar-refractivity contribution is -0.123. The molecule has 1 amide bonds. The van der Waals surface area contributed by atoms with Crippen molar-refractivity contribution in [3.63, 3.8) is 0 Å². The maximum Gasteiger partial charge on any atom is 0.258 e. The van der Waals surface area contributed by atoms with Crippen molar-refractivity contribution in [2.24, 2.45) is 0 Å². The molecule has 0 fully saturated rings. The first-order valence-electron chi connectivity index (χ1n) is 8.57. The van der Waals surface area contributed by atoms with Gasteiger partial charge in [0, 0.05) is 23.7 Å². The van der Waals surface area contributed by atoms with E-state index < -0.39 is 0 Å². The van der Waals surface area contributed by atoms with E-state index in [9.17, 15) is 4.79 Å². The van der Waals surface area contributed by atoms with Crippen LogP contribution in [0.15, 0.2) is 48.5 Å². The first kappa shape index (κ1) is 18.5. The molecular weight excluding hydrogens is 344 g/mol. The van der Waals surface area contributed by atoms with Crippen molar-refractivity contribution in [3.8, 4) is 17.2 Å². The molecule has 1 heterocycles. The maximum atomic E-state index is 12.2. The Kier molecular flexibility index (Phi) is 5.76. The van der Waals surface area contributed by atoms with Gasteiger partial charge in [-0.3, -0.25) is 9.78 Å². The highest BCUT2D eigenvalue weighted by Crippen LogP contribution is 2.28. The Morgan fingerprint density at radius 2 is 1.70 bits per heavy atom. The van der Waals surface area contributed by atoms with Crippen LogP contribution in [0.4, 0.5) is 0 Å². The third kappa shape index (κ3) is 4.67. The van der Waals surface area contributed by atoms with Gasteiger partial charge in [0.2, 0.25) is 0 Å².